The number of hydrogen-bond donors (Lipinski definition) is 1. The molecule has 0 aliphatic heterocycles. The number of ether oxygens (including phenoxy) is 1. The number of carbonyl (C=O) groups excluding carboxylic acids is 1. The number of rotatable bonds is 7. The van der Waals surface area contributed by atoms with Gasteiger partial charge >= 0.3 is 5.69 Å². The fraction of sp³-hybridized carbons (Fsp3) is 0.294. The van der Waals surface area contributed by atoms with Crippen LogP contribution in [-0.4, -0.2) is 28.2 Å². The number of halogens is 1. The van der Waals surface area contributed by atoms with Gasteiger partial charge in [-0.1, -0.05) is 11.6 Å². The van der Waals surface area contributed by atoms with Crippen LogP contribution in [0.5, 0.6) is 5.75 Å². The molecule has 0 aliphatic rings. The second-order valence-electron chi connectivity index (χ2n) is 5.27. The molecule has 0 atom stereocenters. The summed E-state index contributed by atoms with van der Waals surface area (Å²) in [5, 5.41) is 12.1. The summed E-state index contributed by atoms with van der Waals surface area (Å²) in [6.07, 6.45) is 1.19. The number of carbonyl (C=O) groups is 1. The first kappa shape index (κ1) is 19.3. The maximum Gasteiger partial charge on any atom is 0.331 e. The number of nitriles is 1. The fourth-order valence-corrected chi connectivity index (χ4v) is 2.31. The third kappa shape index (κ3) is 4.74. The molecule has 0 spiro atoms. The zero-order valence-corrected chi connectivity index (χ0v) is 14.8. The summed E-state index contributed by atoms with van der Waals surface area (Å²) in [6.45, 7) is 1.92. The van der Waals surface area contributed by atoms with Gasteiger partial charge in [-0.05, 0) is 31.2 Å². The van der Waals surface area contributed by atoms with E-state index in [1.807, 2.05) is 0 Å². The minimum absolute atomic E-state index is 0.190. The van der Waals surface area contributed by atoms with E-state index in [0.717, 1.165) is 4.57 Å². The highest BCUT2D eigenvalue weighted by Gasteiger charge is 2.13. The van der Waals surface area contributed by atoms with Crippen molar-refractivity contribution in [2.45, 2.75) is 20.0 Å². The normalized spacial score (nSPS) is 10.2. The Hall–Kier alpha value is -3.05. The lowest BCUT2D eigenvalue weighted by molar-refractivity contribution is -0.121. The predicted octanol–water partition coefficient (Wildman–Crippen LogP) is 0.750. The molecule has 1 heterocycles. The number of hydrogen-bond acceptors (Lipinski definition) is 5. The molecule has 9 heteroatoms. The SMILES string of the molecule is CCn1cc(C#N)c(=O)n(CC(=O)NCCOc2ccc(Cl)cc2)c1=O. The highest BCUT2D eigenvalue weighted by molar-refractivity contribution is 6.30. The minimum atomic E-state index is -0.783. The summed E-state index contributed by atoms with van der Waals surface area (Å²) >= 11 is 5.77. The Bertz CT molecular complexity index is 941. The highest BCUT2D eigenvalue weighted by Crippen LogP contribution is 2.14. The average molecular weight is 377 g/mol. The van der Waals surface area contributed by atoms with Gasteiger partial charge in [0.25, 0.3) is 5.56 Å². The van der Waals surface area contributed by atoms with Gasteiger partial charge in [0.1, 0.15) is 30.5 Å². The van der Waals surface area contributed by atoms with Gasteiger partial charge in [0.15, 0.2) is 0 Å². The first-order valence-corrected chi connectivity index (χ1v) is 8.23. The summed E-state index contributed by atoms with van der Waals surface area (Å²) in [5.41, 5.74) is -1.61. The van der Waals surface area contributed by atoms with Crippen LogP contribution in [0.1, 0.15) is 12.5 Å². The van der Waals surface area contributed by atoms with E-state index in [4.69, 9.17) is 21.6 Å². The van der Waals surface area contributed by atoms with Crippen molar-refractivity contribution in [1.82, 2.24) is 14.5 Å². The number of nitrogens with zero attached hydrogens (tertiary/aromatic N) is 3. The monoisotopic (exact) mass is 376 g/mol. The van der Waals surface area contributed by atoms with Crippen LogP contribution in [0.4, 0.5) is 0 Å². The Morgan fingerprint density at radius 3 is 2.62 bits per heavy atom. The summed E-state index contributed by atoms with van der Waals surface area (Å²) in [4.78, 5) is 36.2. The second-order valence-corrected chi connectivity index (χ2v) is 5.70. The van der Waals surface area contributed by atoms with Gasteiger partial charge in [-0.3, -0.25) is 14.2 Å². The molecule has 1 aromatic heterocycles. The van der Waals surface area contributed by atoms with E-state index in [2.05, 4.69) is 5.32 Å². The lowest BCUT2D eigenvalue weighted by atomic mass is 10.3. The van der Waals surface area contributed by atoms with E-state index >= 15 is 0 Å². The van der Waals surface area contributed by atoms with Crippen LogP contribution in [0.2, 0.25) is 5.02 Å². The van der Waals surface area contributed by atoms with Crippen molar-refractivity contribution in [3.05, 3.63) is 61.9 Å². The summed E-state index contributed by atoms with van der Waals surface area (Å²) in [6, 6.07) is 8.50. The summed E-state index contributed by atoms with van der Waals surface area (Å²) in [7, 11) is 0. The standard InChI is InChI=1S/C17H17ClN4O4/c1-2-21-10-12(9-19)16(24)22(17(21)25)11-15(23)20-7-8-26-14-5-3-13(18)4-6-14/h3-6,10H,2,7-8,11H2,1H3,(H,20,23). The maximum absolute atomic E-state index is 12.2. The molecule has 1 amide bonds. The molecular formula is C17H17ClN4O4. The van der Waals surface area contributed by atoms with E-state index in [1.54, 1.807) is 37.3 Å². The van der Waals surface area contributed by atoms with Gasteiger partial charge < -0.3 is 10.1 Å². The Balaban J connectivity index is 1.95. The average Bonchev–Trinajstić information content (AvgIpc) is 2.64. The molecule has 136 valence electrons. The molecule has 2 rings (SSSR count). The number of aryl methyl sites for hydroxylation is 1. The number of amides is 1. The van der Waals surface area contributed by atoms with E-state index in [0.29, 0.717) is 10.8 Å². The minimum Gasteiger partial charge on any atom is -0.492 e. The second kappa shape index (κ2) is 8.87. The Kier molecular flexibility index (Phi) is 6.58. The molecule has 0 bridgehead atoms. The van der Waals surface area contributed by atoms with Crippen molar-refractivity contribution in [1.29, 1.82) is 5.26 Å². The first-order chi connectivity index (χ1) is 12.5. The smallest absolute Gasteiger partial charge is 0.331 e. The van der Waals surface area contributed by atoms with Crippen LogP contribution in [-0.2, 0) is 17.9 Å². The van der Waals surface area contributed by atoms with Crippen molar-refractivity contribution in [3.8, 4) is 11.8 Å². The molecule has 8 nitrogen and oxygen atoms in total. The van der Waals surface area contributed by atoms with Crippen molar-refractivity contribution in [3.63, 3.8) is 0 Å². The first-order valence-electron chi connectivity index (χ1n) is 7.85. The van der Waals surface area contributed by atoms with Crippen molar-refractivity contribution in [2.24, 2.45) is 0 Å². The summed E-state index contributed by atoms with van der Waals surface area (Å²) in [5.74, 6) is 0.0778. The molecule has 26 heavy (non-hydrogen) atoms. The molecule has 2 aromatic rings. The largest absolute Gasteiger partial charge is 0.492 e. The molecular weight excluding hydrogens is 360 g/mol. The van der Waals surface area contributed by atoms with E-state index in [9.17, 15) is 14.4 Å². The topological polar surface area (TPSA) is 106 Å². The molecule has 0 radical (unpaired) electrons. The van der Waals surface area contributed by atoms with E-state index in [1.165, 1.54) is 10.8 Å². The van der Waals surface area contributed by atoms with E-state index in [-0.39, 0.29) is 25.3 Å². The molecule has 1 N–H and O–H groups in total. The Labute approximate surface area is 154 Å². The van der Waals surface area contributed by atoms with Crippen LogP contribution in [0.3, 0.4) is 0 Å². The molecule has 0 saturated heterocycles. The van der Waals surface area contributed by atoms with Crippen LogP contribution in [0.25, 0.3) is 0 Å². The van der Waals surface area contributed by atoms with Crippen LogP contribution >= 0.6 is 11.6 Å². The van der Waals surface area contributed by atoms with Crippen molar-refractivity contribution < 1.29 is 9.53 Å². The lowest BCUT2D eigenvalue weighted by Gasteiger charge is -2.10. The molecule has 0 aliphatic carbocycles. The summed E-state index contributed by atoms with van der Waals surface area (Å²) < 4.78 is 7.38. The zero-order valence-electron chi connectivity index (χ0n) is 14.1. The molecule has 0 unspecified atom stereocenters. The van der Waals surface area contributed by atoms with Gasteiger partial charge in [-0.2, -0.15) is 5.26 Å². The molecule has 0 saturated carbocycles. The van der Waals surface area contributed by atoms with Crippen LogP contribution < -0.4 is 21.3 Å². The molecule has 0 fully saturated rings. The maximum atomic E-state index is 12.2. The number of nitrogens with one attached hydrogen (secondary N) is 1. The van der Waals surface area contributed by atoms with Crippen LogP contribution in [0.15, 0.2) is 40.1 Å². The quantitative estimate of drug-likeness (QED) is 0.718. The highest BCUT2D eigenvalue weighted by atomic mass is 35.5. The molecule has 1 aromatic carbocycles. The van der Waals surface area contributed by atoms with Gasteiger partial charge in [-0.25, -0.2) is 9.36 Å². The third-order valence-electron chi connectivity index (χ3n) is 3.51. The number of aromatic nitrogens is 2. The third-order valence-corrected chi connectivity index (χ3v) is 3.76. The lowest BCUT2D eigenvalue weighted by Crippen LogP contribution is -2.44. The Morgan fingerprint density at radius 1 is 1.31 bits per heavy atom. The van der Waals surface area contributed by atoms with Gasteiger partial charge in [0.2, 0.25) is 5.91 Å². The predicted molar refractivity (Wildman–Crippen MR) is 95.3 cm³/mol. The van der Waals surface area contributed by atoms with Crippen molar-refractivity contribution >= 4 is 17.5 Å². The van der Waals surface area contributed by atoms with Gasteiger partial charge in [0.05, 0.1) is 6.54 Å². The van der Waals surface area contributed by atoms with Crippen molar-refractivity contribution in [2.75, 3.05) is 13.2 Å². The van der Waals surface area contributed by atoms with E-state index < -0.39 is 23.7 Å². The van der Waals surface area contributed by atoms with Gasteiger partial charge in [-0.15, -0.1) is 0 Å². The Morgan fingerprint density at radius 2 is 2.00 bits per heavy atom. The van der Waals surface area contributed by atoms with Crippen LogP contribution in [0, 0.1) is 11.3 Å². The number of benzene rings is 1. The van der Waals surface area contributed by atoms with Gasteiger partial charge in [0, 0.05) is 17.8 Å². The fourth-order valence-electron chi connectivity index (χ4n) is 2.19. The zero-order chi connectivity index (χ0) is 19.1.